The molecule has 21 heavy (non-hydrogen) atoms. The highest BCUT2D eigenvalue weighted by atomic mass is 16.1. The van der Waals surface area contributed by atoms with Crippen molar-refractivity contribution < 1.29 is 4.79 Å². The van der Waals surface area contributed by atoms with Gasteiger partial charge in [-0.05, 0) is 63.1 Å². The lowest BCUT2D eigenvalue weighted by Crippen LogP contribution is -2.40. The van der Waals surface area contributed by atoms with Crippen LogP contribution >= 0.6 is 0 Å². The molecule has 1 unspecified atom stereocenters. The predicted molar refractivity (Wildman–Crippen MR) is 85.1 cm³/mol. The largest absolute Gasteiger partial charge is 0.353 e. The van der Waals surface area contributed by atoms with Crippen LogP contribution in [-0.4, -0.2) is 25.0 Å². The Morgan fingerprint density at radius 3 is 3.00 bits per heavy atom. The van der Waals surface area contributed by atoms with Gasteiger partial charge in [0.15, 0.2) is 0 Å². The summed E-state index contributed by atoms with van der Waals surface area (Å²) >= 11 is 0. The van der Waals surface area contributed by atoms with Crippen molar-refractivity contribution in [1.82, 2.24) is 10.6 Å². The highest BCUT2D eigenvalue weighted by Gasteiger charge is 2.34. The van der Waals surface area contributed by atoms with Crippen LogP contribution in [0.15, 0.2) is 24.3 Å². The van der Waals surface area contributed by atoms with Crippen LogP contribution in [0, 0.1) is 18.8 Å². The Balaban J connectivity index is 1.44. The molecule has 1 aliphatic heterocycles. The summed E-state index contributed by atoms with van der Waals surface area (Å²) in [7, 11) is 0. The van der Waals surface area contributed by atoms with Crippen molar-refractivity contribution in [2.24, 2.45) is 11.8 Å². The molecule has 0 bridgehead atoms. The van der Waals surface area contributed by atoms with Crippen molar-refractivity contribution in [2.75, 3.05) is 13.1 Å². The third kappa shape index (κ3) is 3.85. The molecule has 0 aromatic heterocycles. The third-order valence-electron chi connectivity index (χ3n) is 5.04. The van der Waals surface area contributed by atoms with E-state index in [2.05, 4.69) is 41.8 Å². The average molecular weight is 286 g/mol. The molecule has 0 spiro atoms. The van der Waals surface area contributed by atoms with Crippen LogP contribution in [-0.2, 0) is 11.2 Å². The summed E-state index contributed by atoms with van der Waals surface area (Å²) < 4.78 is 0. The number of aryl methyl sites for hydroxylation is 2. The Morgan fingerprint density at radius 2 is 2.14 bits per heavy atom. The molecule has 3 atom stereocenters. The smallest absolute Gasteiger partial charge is 0.220 e. The van der Waals surface area contributed by atoms with Crippen LogP contribution in [0.5, 0.6) is 0 Å². The van der Waals surface area contributed by atoms with Crippen LogP contribution in [0.3, 0.4) is 0 Å². The van der Waals surface area contributed by atoms with E-state index in [0.29, 0.717) is 12.5 Å². The van der Waals surface area contributed by atoms with E-state index in [0.717, 1.165) is 37.6 Å². The van der Waals surface area contributed by atoms with Gasteiger partial charge in [-0.3, -0.25) is 4.79 Å². The first-order valence-corrected chi connectivity index (χ1v) is 8.26. The van der Waals surface area contributed by atoms with Crippen molar-refractivity contribution in [3.05, 3.63) is 35.4 Å². The molecule has 2 N–H and O–H groups in total. The van der Waals surface area contributed by atoms with Gasteiger partial charge in [0.2, 0.25) is 5.91 Å². The summed E-state index contributed by atoms with van der Waals surface area (Å²) in [6.45, 7) is 4.41. The molecule has 3 rings (SSSR count). The van der Waals surface area contributed by atoms with Gasteiger partial charge in [0, 0.05) is 12.5 Å². The molecule has 1 aliphatic carbocycles. The van der Waals surface area contributed by atoms with Gasteiger partial charge < -0.3 is 10.6 Å². The fourth-order valence-corrected chi connectivity index (χ4v) is 3.86. The number of fused-ring (bicyclic) bond motifs is 1. The van der Waals surface area contributed by atoms with E-state index in [9.17, 15) is 4.79 Å². The maximum absolute atomic E-state index is 12.1. The van der Waals surface area contributed by atoms with Crippen molar-refractivity contribution >= 4 is 5.91 Å². The zero-order valence-corrected chi connectivity index (χ0v) is 12.9. The first-order chi connectivity index (χ1) is 10.2. The van der Waals surface area contributed by atoms with E-state index < -0.39 is 0 Å². The number of hydrogen-bond donors (Lipinski definition) is 2. The number of carbonyl (C=O) groups is 1. The fourth-order valence-electron chi connectivity index (χ4n) is 3.86. The lowest BCUT2D eigenvalue weighted by Gasteiger charge is -2.31. The Labute approximate surface area is 127 Å². The molecule has 1 heterocycles. The molecule has 114 valence electrons. The topological polar surface area (TPSA) is 41.1 Å². The average Bonchev–Trinajstić information content (AvgIpc) is 2.93. The molecule has 2 aliphatic rings. The molecule has 1 aromatic rings. The molecule has 3 heteroatoms. The summed E-state index contributed by atoms with van der Waals surface area (Å²) in [5, 5.41) is 6.73. The van der Waals surface area contributed by atoms with Crippen LogP contribution in [0.4, 0.5) is 0 Å². The van der Waals surface area contributed by atoms with Crippen LogP contribution in [0.25, 0.3) is 0 Å². The predicted octanol–water partition coefficient (Wildman–Crippen LogP) is 2.43. The maximum atomic E-state index is 12.1. The monoisotopic (exact) mass is 286 g/mol. The number of hydrogen-bond acceptors (Lipinski definition) is 2. The van der Waals surface area contributed by atoms with E-state index in [-0.39, 0.29) is 5.91 Å². The van der Waals surface area contributed by atoms with E-state index in [1.807, 2.05) is 0 Å². The summed E-state index contributed by atoms with van der Waals surface area (Å²) in [6, 6.07) is 8.84. The van der Waals surface area contributed by atoms with Gasteiger partial charge >= 0.3 is 0 Å². The maximum Gasteiger partial charge on any atom is 0.220 e. The normalized spacial score (nSPS) is 28.1. The van der Waals surface area contributed by atoms with Crippen molar-refractivity contribution in [3.63, 3.8) is 0 Å². The third-order valence-corrected chi connectivity index (χ3v) is 5.04. The Morgan fingerprint density at radius 1 is 1.29 bits per heavy atom. The van der Waals surface area contributed by atoms with Crippen molar-refractivity contribution in [1.29, 1.82) is 0 Å². The van der Waals surface area contributed by atoms with E-state index in [4.69, 9.17) is 0 Å². The van der Waals surface area contributed by atoms with Gasteiger partial charge in [-0.25, -0.2) is 0 Å². The minimum absolute atomic E-state index is 0.214. The first-order valence-electron chi connectivity index (χ1n) is 8.26. The van der Waals surface area contributed by atoms with E-state index >= 15 is 0 Å². The summed E-state index contributed by atoms with van der Waals surface area (Å²) in [5.74, 6) is 1.84. The first kappa shape index (κ1) is 14.6. The minimum Gasteiger partial charge on any atom is -0.353 e. The Hall–Kier alpha value is -1.35. The summed E-state index contributed by atoms with van der Waals surface area (Å²) in [6.07, 6.45) is 5.02. The minimum atomic E-state index is 0.214. The fraction of sp³-hybridized carbons (Fsp3) is 0.611. The molecule has 0 radical (unpaired) electrons. The van der Waals surface area contributed by atoms with E-state index in [1.54, 1.807) is 0 Å². The van der Waals surface area contributed by atoms with Crippen LogP contribution < -0.4 is 10.6 Å². The molecule has 1 saturated carbocycles. The van der Waals surface area contributed by atoms with Gasteiger partial charge in [-0.2, -0.15) is 0 Å². The summed E-state index contributed by atoms with van der Waals surface area (Å²) in [4.78, 5) is 12.1. The van der Waals surface area contributed by atoms with Gasteiger partial charge in [-0.15, -0.1) is 0 Å². The number of benzene rings is 1. The Bertz CT molecular complexity index is 500. The molecule has 1 aromatic carbocycles. The van der Waals surface area contributed by atoms with Crippen molar-refractivity contribution in [3.8, 4) is 0 Å². The van der Waals surface area contributed by atoms with E-state index in [1.165, 1.54) is 24.1 Å². The second-order valence-corrected chi connectivity index (χ2v) is 6.74. The zero-order valence-electron chi connectivity index (χ0n) is 12.9. The molecular weight excluding hydrogens is 260 g/mol. The quantitative estimate of drug-likeness (QED) is 0.892. The van der Waals surface area contributed by atoms with Gasteiger partial charge in [-0.1, -0.05) is 29.8 Å². The lowest BCUT2D eigenvalue weighted by molar-refractivity contribution is -0.122. The van der Waals surface area contributed by atoms with Crippen LogP contribution in [0.2, 0.25) is 0 Å². The molecule has 1 amide bonds. The molecular formula is C18H26N2O. The highest BCUT2D eigenvalue weighted by molar-refractivity contribution is 5.76. The number of carbonyl (C=O) groups excluding carboxylic acids is 1. The number of amides is 1. The van der Waals surface area contributed by atoms with Crippen molar-refractivity contribution in [2.45, 2.75) is 45.1 Å². The zero-order chi connectivity index (χ0) is 14.7. The standard InChI is InChI=1S/C18H26N2O/c1-13-3-2-4-14(9-13)5-8-18(21)20-17-7-6-15-11-19-12-16(15)10-17/h2-4,9,15-17,19H,5-8,10-12H2,1H3,(H,20,21)/t15-,16+,17?/m0/s1. The van der Waals surface area contributed by atoms with Crippen LogP contribution in [0.1, 0.15) is 36.8 Å². The molecule has 1 saturated heterocycles. The van der Waals surface area contributed by atoms with Gasteiger partial charge in [0.05, 0.1) is 0 Å². The van der Waals surface area contributed by atoms with Gasteiger partial charge in [0.25, 0.3) is 0 Å². The second-order valence-electron chi connectivity index (χ2n) is 6.74. The summed E-state index contributed by atoms with van der Waals surface area (Å²) in [5.41, 5.74) is 2.52. The molecule has 2 fully saturated rings. The SMILES string of the molecule is Cc1cccc(CCC(=O)NC2CC[C@H]3CNC[C@H]3C2)c1. The second kappa shape index (κ2) is 6.61. The Kier molecular flexibility index (Phi) is 4.59. The number of rotatable bonds is 4. The lowest BCUT2D eigenvalue weighted by atomic mass is 9.79. The van der Waals surface area contributed by atoms with Gasteiger partial charge in [0.1, 0.15) is 0 Å². The highest BCUT2D eigenvalue weighted by Crippen LogP contribution is 2.32. The number of nitrogens with one attached hydrogen (secondary N) is 2. The molecule has 3 nitrogen and oxygen atoms in total.